The van der Waals surface area contributed by atoms with Gasteiger partial charge in [-0.3, -0.25) is 9.59 Å². The van der Waals surface area contributed by atoms with Crippen LogP contribution in [0, 0.1) is 17.6 Å². The van der Waals surface area contributed by atoms with Crippen LogP contribution >= 0.6 is 12.4 Å². The first-order valence-corrected chi connectivity index (χ1v) is 6.25. The zero-order valence-electron chi connectivity index (χ0n) is 11.3. The highest BCUT2D eigenvalue weighted by atomic mass is 35.5. The Kier molecular flexibility index (Phi) is 6.04. The largest absolute Gasteiger partial charge is 0.324 e. The lowest BCUT2D eigenvalue weighted by atomic mass is 10.1. The average molecular weight is 320 g/mol. The summed E-state index contributed by atoms with van der Waals surface area (Å²) in [5.41, 5.74) is 0.0895. The fraction of sp³-hybridized carbons (Fsp3) is 0.385. The van der Waals surface area contributed by atoms with Gasteiger partial charge in [0, 0.05) is 25.6 Å². The summed E-state index contributed by atoms with van der Waals surface area (Å²) in [6.07, 6.45) is 0.685. The van der Waals surface area contributed by atoms with Gasteiger partial charge in [-0.25, -0.2) is 8.78 Å². The van der Waals surface area contributed by atoms with E-state index >= 15 is 0 Å². The molecule has 3 N–H and O–H groups in total. The van der Waals surface area contributed by atoms with Crippen LogP contribution < -0.4 is 16.0 Å². The molecule has 1 unspecified atom stereocenters. The van der Waals surface area contributed by atoms with Crippen LogP contribution in [0.4, 0.5) is 20.2 Å². The second kappa shape index (κ2) is 7.33. The van der Waals surface area contributed by atoms with E-state index in [1.165, 1.54) is 6.92 Å². The molecule has 0 bridgehead atoms. The third-order valence-electron chi connectivity index (χ3n) is 3.06. The normalized spacial score (nSPS) is 17.0. The van der Waals surface area contributed by atoms with Crippen molar-refractivity contribution < 1.29 is 18.4 Å². The molecular weight excluding hydrogens is 304 g/mol. The van der Waals surface area contributed by atoms with Gasteiger partial charge in [0.25, 0.3) is 0 Å². The summed E-state index contributed by atoms with van der Waals surface area (Å²) in [5.74, 6) is -3.11. The highest BCUT2D eigenvalue weighted by Gasteiger charge is 2.23. The third kappa shape index (κ3) is 4.37. The van der Waals surface area contributed by atoms with Gasteiger partial charge in [-0.05, 0) is 13.0 Å². The van der Waals surface area contributed by atoms with E-state index in [2.05, 4.69) is 16.0 Å². The molecule has 1 aliphatic heterocycles. The number of rotatable bonds is 3. The molecule has 1 aromatic rings. The molecule has 1 heterocycles. The van der Waals surface area contributed by atoms with Crippen LogP contribution in [0.3, 0.4) is 0 Å². The van der Waals surface area contributed by atoms with Gasteiger partial charge in [-0.2, -0.15) is 0 Å². The van der Waals surface area contributed by atoms with Crippen molar-refractivity contribution in [2.45, 2.75) is 13.3 Å². The molecule has 0 radical (unpaired) electrons. The van der Waals surface area contributed by atoms with E-state index in [0.717, 1.165) is 18.7 Å². The molecule has 1 aromatic carbocycles. The number of benzene rings is 1. The molecular formula is C13H16ClF2N3O2. The summed E-state index contributed by atoms with van der Waals surface area (Å²) in [7, 11) is 0. The summed E-state index contributed by atoms with van der Waals surface area (Å²) in [6.45, 7) is 2.53. The second-order valence-corrected chi connectivity index (χ2v) is 4.67. The van der Waals surface area contributed by atoms with Crippen molar-refractivity contribution in [2.24, 2.45) is 5.92 Å². The van der Waals surface area contributed by atoms with Crippen molar-refractivity contribution in [3.63, 3.8) is 0 Å². The van der Waals surface area contributed by atoms with E-state index in [1.807, 2.05) is 0 Å². The number of anilines is 2. The van der Waals surface area contributed by atoms with Crippen molar-refractivity contribution in [3.05, 3.63) is 23.8 Å². The molecule has 8 heteroatoms. The molecule has 0 saturated carbocycles. The standard InChI is InChI=1S/C13H15F2N3O2.ClH/c1-7(19)17-11-4-9(14)10(15)5-12(11)18-13(20)8-2-3-16-6-8;/h4-5,8,16H,2-3,6H2,1H3,(H,17,19)(H,18,20);1H. The Morgan fingerprint density at radius 1 is 1.19 bits per heavy atom. The molecule has 21 heavy (non-hydrogen) atoms. The smallest absolute Gasteiger partial charge is 0.228 e. The maximum absolute atomic E-state index is 13.3. The quantitative estimate of drug-likeness (QED) is 0.797. The number of hydrogen-bond donors (Lipinski definition) is 3. The predicted molar refractivity (Wildman–Crippen MR) is 77.5 cm³/mol. The number of amides is 2. The minimum absolute atomic E-state index is 0. The summed E-state index contributed by atoms with van der Waals surface area (Å²) in [5, 5.41) is 7.93. The highest BCUT2D eigenvalue weighted by Crippen LogP contribution is 2.26. The minimum Gasteiger partial charge on any atom is -0.324 e. The van der Waals surface area contributed by atoms with Gasteiger partial charge in [0.1, 0.15) is 0 Å². The van der Waals surface area contributed by atoms with E-state index in [9.17, 15) is 18.4 Å². The Hall–Kier alpha value is -1.73. The molecule has 0 aromatic heterocycles. The number of nitrogens with one attached hydrogen (secondary N) is 3. The van der Waals surface area contributed by atoms with Crippen molar-refractivity contribution in [1.82, 2.24) is 5.32 Å². The lowest BCUT2D eigenvalue weighted by molar-refractivity contribution is -0.119. The topological polar surface area (TPSA) is 70.2 Å². The number of halogens is 3. The van der Waals surface area contributed by atoms with Crippen molar-refractivity contribution in [2.75, 3.05) is 23.7 Å². The fourth-order valence-electron chi connectivity index (χ4n) is 2.06. The van der Waals surface area contributed by atoms with Gasteiger partial charge in [0.15, 0.2) is 11.6 Å². The van der Waals surface area contributed by atoms with E-state index in [1.54, 1.807) is 0 Å². The summed E-state index contributed by atoms with van der Waals surface area (Å²) in [4.78, 5) is 23.0. The first-order chi connectivity index (χ1) is 9.47. The molecule has 2 rings (SSSR count). The Bertz CT molecular complexity index is 548. The summed E-state index contributed by atoms with van der Waals surface area (Å²) in [6, 6.07) is 1.71. The molecule has 5 nitrogen and oxygen atoms in total. The van der Waals surface area contributed by atoms with Gasteiger partial charge in [-0.1, -0.05) is 0 Å². The Morgan fingerprint density at radius 3 is 2.24 bits per heavy atom. The van der Waals surface area contributed by atoms with Crippen LogP contribution in [0.2, 0.25) is 0 Å². The van der Waals surface area contributed by atoms with Crippen molar-refractivity contribution in [1.29, 1.82) is 0 Å². The molecule has 2 amide bonds. The van der Waals surface area contributed by atoms with Gasteiger partial charge >= 0.3 is 0 Å². The van der Waals surface area contributed by atoms with Crippen LogP contribution in [0.15, 0.2) is 12.1 Å². The Morgan fingerprint density at radius 2 is 1.76 bits per heavy atom. The van der Waals surface area contributed by atoms with Gasteiger partial charge in [-0.15, -0.1) is 12.4 Å². The van der Waals surface area contributed by atoms with Crippen LogP contribution in [0.25, 0.3) is 0 Å². The Balaban J connectivity index is 0.00000220. The fourth-order valence-corrected chi connectivity index (χ4v) is 2.06. The lowest BCUT2D eigenvalue weighted by Crippen LogP contribution is -2.25. The highest BCUT2D eigenvalue weighted by molar-refractivity contribution is 5.99. The second-order valence-electron chi connectivity index (χ2n) is 4.67. The maximum atomic E-state index is 13.3. The zero-order chi connectivity index (χ0) is 14.7. The van der Waals surface area contributed by atoms with Gasteiger partial charge in [0.05, 0.1) is 17.3 Å². The van der Waals surface area contributed by atoms with Crippen LogP contribution in [0.1, 0.15) is 13.3 Å². The first-order valence-electron chi connectivity index (χ1n) is 6.25. The zero-order valence-corrected chi connectivity index (χ0v) is 12.2. The molecule has 1 aliphatic rings. The first kappa shape index (κ1) is 17.3. The number of carbonyl (C=O) groups excluding carboxylic acids is 2. The molecule has 1 saturated heterocycles. The van der Waals surface area contributed by atoms with Crippen LogP contribution in [-0.4, -0.2) is 24.9 Å². The monoisotopic (exact) mass is 319 g/mol. The third-order valence-corrected chi connectivity index (χ3v) is 3.06. The van der Waals surface area contributed by atoms with Gasteiger partial charge in [0.2, 0.25) is 11.8 Å². The van der Waals surface area contributed by atoms with E-state index in [-0.39, 0.29) is 35.6 Å². The summed E-state index contributed by atoms with van der Waals surface area (Å²) < 4.78 is 26.5. The predicted octanol–water partition coefficient (Wildman–Crippen LogP) is 1.89. The van der Waals surface area contributed by atoms with Crippen molar-refractivity contribution in [3.8, 4) is 0 Å². The SMILES string of the molecule is CC(=O)Nc1cc(F)c(F)cc1NC(=O)C1CCNC1.Cl. The Labute approximate surface area is 126 Å². The van der Waals surface area contributed by atoms with Crippen LogP contribution in [-0.2, 0) is 9.59 Å². The summed E-state index contributed by atoms with van der Waals surface area (Å²) >= 11 is 0. The molecule has 1 fully saturated rings. The molecule has 0 spiro atoms. The van der Waals surface area contributed by atoms with E-state index < -0.39 is 17.5 Å². The maximum Gasteiger partial charge on any atom is 0.228 e. The molecule has 116 valence electrons. The van der Waals surface area contributed by atoms with E-state index in [0.29, 0.717) is 13.0 Å². The lowest BCUT2D eigenvalue weighted by Gasteiger charge is -2.14. The van der Waals surface area contributed by atoms with Crippen molar-refractivity contribution >= 4 is 35.6 Å². The number of carbonyl (C=O) groups is 2. The minimum atomic E-state index is -1.09. The number of hydrogen-bond acceptors (Lipinski definition) is 3. The van der Waals surface area contributed by atoms with Gasteiger partial charge < -0.3 is 16.0 Å². The van der Waals surface area contributed by atoms with Crippen LogP contribution in [0.5, 0.6) is 0 Å². The molecule has 0 aliphatic carbocycles. The molecule has 1 atom stereocenters. The average Bonchev–Trinajstić information content (AvgIpc) is 2.88. The van der Waals surface area contributed by atoms with E-state index in [4.69, 9.17) is 0 Å².